The number of aromatic nitrogens is 5. The largest absolute Gasteiger partial charge is 0.383 e. The Balaban J connectivity index is 1.34. The number of hydrogen-bond acceptors (Lipinski definition) is 8. The summed E-state index contributed by atoms with van der Waals surface area (Å²) in [6, 6.07) is 14.2. The highest BCUT2D eigenvalue weighted by Gasteiger charge is 2.35. The maximum atomic E-state index is 14.2. The fraction of sp³-hybridized carbons (Fsp3) is 0.333. The first kappa shape index (κ1) is 33.2. The Morgan fingerprint density at radius 1 is 1.08 bits per heavy atom. The molecule has 2 amide bonds. The van der Waals surface area contributed by atoms with Gasteiger partial charge in [0, 0.05) is 79.3 Å². The van der Waals surface area contributed by atoms with Gasteiger partial charge in [-0.1, -0.05) is 24.3 Å². The van der Waals surface area contributed by atoms with Crippen molar-refractivity contribution in [3.63, 3.8) is 0 Å². The summed E-state index contributed by atoms with van der Waals surface area (Å²) >= 11 is 0. The summed E-state index contributed by atoms with van der Waals surface area (Å²) in [4.78, 5) is 20.4. The lowest BCUT2D eigenvalue weighted by Gasteiger charge is -2.21. The number of likely N-dealkylation sites (tertiary alicyclic amines) is 1. The molecular formula is C33H37F2N9O3S. The quantitative estimate of drug-likeness (QED) is 0.225. The van der Waals surface area contributed by atoms with Crippen LogP contribution in [0.4, 0.5) is 25.2 Å². The van der Waals surface area contributed by atoms with Gasteiger partial charge in [-0.3, -0.25) is 10.2 Å². The number of para-hydroxylation sites is 1. The van der Waals surface area contributed by atoms with E-state index in [9.17, 15) is 17.8 Å². The summed E-state index contributed by atoms with van der Waals surface area (Å²) in [6.45, 7) is 4.00. The molecule has 2 N–H and O–H groups in total. The molecule has 252 valence electrons. The lowest BCUT2D eigenvalue weighted by atomic mass is 9.94. The van der Waals surface area contributed by atoms with Crippen LogP contribution in [0.25, 0.3) is 28.0 Å². The molecule has 4 heterocycles. The molecule has 1 aliphatic heterocycles. The number of benzene rings is 2. The van der Waals surface area contributed by atoms with Crippen molar-refractivity contribution in [3.8, 4) is 16.9 Å². The van der Waals surface area contributed by atoms with Crippen LogP contribution in [0.1, 0.15) is 17.0 Å². The van der Waals surface area contributed by atoms with Gasteiger partial charge in [0.15, 0.2) is 23.1 Å². The smallest absolute Gasteiger partial charge is 0.320 e. The number of amides is 2. The molecule has 6 rings (SSSR count). The average Bonchev–Trinajstić information content (AvgIpc) is 3.70. The first-order chi connectivity index (χ1) is 22.9. The molecule has 1 aliphatic rings. The normalized spacial score (nSPS) is 16.8. The van der Waals surface area contributed by atoms with E-state index >= 15 is 0 Å². The number of aryl methyl sites for hydroxylation is 1. The van der Waals surface area contributed by atoms with Crippen LogP contribution >= 0.6 is 0 Å². The zero-order valence-electron chi connectivity index (χ0n) is 27.3. The Kier molecular flexibility index (Phi) is 9.27. The number of hydrogen-bond donors (Lipinski definition) is 2. The lowest BCUT2D eigenvalue weighted by Crippen LogP contribution is -2.42. The minimum Gasteiger partial charge on any atom is -0.383 e. The van der Waals surface area contributed by atoms with E-state index < -0.39 is 33.4 Å². The highest BCUT2D eigenvalue weighted by molar-refractivity contribution is 7.92. The maximum absolute atomic E-state index is 14.2. The number of nitrogens with one attached hydrogen (secondary N) is 2. The molecule has 0 bridgehead atoms. The number of urea groups is 1. The van der Waals surface area contributed by atoms with E-state index in [1.54, 1.807) is 48.3 Å². The third-order valence-corrected chi connectivity index (χ3v) is 8.90. The van der Waals surface area contributed by atoms with Gasteiger partial charge in [-0.15, -0.1) is 5.10 Å². The molecule has 1 saturated heterocycles. The molecule has 2 aromatic carbocycles. The second-order valence-corrected chi connectivity index (χ2v) is 14.7. The Labute approximate surface area is 277 Å². The van der Waals surface area contributed by atoms with Crippen LogP contribution in [0.2, 0.25) is 0 Å². The van der Waals surface area contributed by atoms with Gasteiger partial charge in [0.1, 0.15) is 5.82 Å². The summed E-state index contributed by atoms with van der Waals surface area (Å²) in [5.74, 6) is -1.38. The molecule has 12 nitrogen and oxygen atoms in total. The molecule has 0 unspecified atom stereocenters. The van der Waals surface area contributed by atoms with Crippen LogP contribution in [0, 0.1) is 18.6 Å². The summed E-state index contributed by atoms with van der Waals surface area (Å²) in [5, 5.41) is 16.0. The summed E-state index contributed by atoms with van der Waals surface area (Å²) in [6.07, 6.45) is 4.77. The third-order valence-electron chi connectivity index (χ3n) is 8.29. The van der Waals surface area contributed by atoms with Crippen molar-refractivity contribution in [2.75, 3.05) is 51.2 Å². The van der Waals surface area contributed by atoms with Gasteiger partial charge in [-0.2, -0.15) is 9.46 Å². The monoisotopic (exact) mass is 677 g/mol. The van der Waals surface area contributed by atoms with Gasteiger partial charge >= 0.3 is 6.03 Å². The van der Waals surface area contributed by atoms with E-state index in [1.807, 2.05) is 43.3 Å². The van der Waals surface area contributed by atoms with Gasteiger partial charge in [0.25, 0.3) is 0 Å². The second kappa shape index (κ2) is 13.4. The Morgan fingerprint density at radius 3 is 2.56 bits per heavy atom. The predicted octanol–water partition coefficient (Wildman–Crippen LogP) is 5.00. The predicted molar refractivity (Wildman–Crippen MR) is 181 cm³/mol. The van der Waals surface area contributed by atoms with Gasteiger partial charge in [-0.25, -0.2) is 32.1 Å². The molecule has 0 radical (unpaired) electrons. The van der Waals surface area contributed by atoms with E-state index in [1.165, 1.54) is 6.07 Å². The number of nitrogens with zero attached hydrogens (tertiary/aromatic N) is 7. The van der Waals surface area contributed by atoms with Gasteiger partial charge in [0.05, 0.1) is 29.4 Å². The molecule has 1 fully saturated rings. The number of ether oxygens (including phenoxy) is 1. The number of anilines is 1. The molecule has 0 aliphatic carbocycles. The first-order valence-corrected chi connectivity index (χ1v) is 17.6. The molecular weight excluding hydrogens is 640 g/mol. The molecule has 0 spiro atoms. The van der Waals surface area contributed by atoms with Crippen LogP contribution in [-0.2, 0) is 21.5 Å². The Bertz CT molecular complexity index is 2100. The summed E-state index contributed by atoms with van der Waals surface area (Å²) in [7, 11) is 0.878. The van der Waals surface area contributed by atoms with Crippen LogP contribution in [0.3, 0.4) is 0 Å². The number of carbonyl (C=O) groups excluding carboxylic acids is 1. The zero-order valence-corrected chi connectivity index (χ0v) is 28.1. The number of fused-ring (bicyclic) bond motifs is 1. The molecule has 0 saturated carbocycles. The maximum Gasteiger partial charge on any atom is 0.320 e. The van der Waals surface area contributed by atoms with E-state index in [4.69, 9.17) is 9.84 Å². The topological polar surface area (TPSA) is 132 Å². The van der Waals surface area contributed by atoms with Crippen molar-refractivity contribution < 1.29 is 22.5 Å². The van der Waals surface area contributed by atoms with Gasteiger partial charge in [0.2, 0.25) is 0 Å². The van der Waals surface area contributed by atoms with Gasteiger partial charge < -0.3 is 10.1 Å². The SMILES string of the molecule is COCCN1C[C@@H](NC(=O)Nc2c(C)c(-c3cnc4c(c3)c(N=S(C)(C)=O)nn4C)nn2-c2ccccc2)[C@H](c2ccc(F)c(F)c2)C1. The zero-order chi connectivity index (χ0) is 34.2. The highest BCUT2D eigenvalue weighted by Crippen LogP contribution is 2.34. The first-order valence-electron chi connectivity index (χ1n) is 15.3. The highest BCUT2D eigenvalue weighted by atomic mass is 32.2. The average molecular weight is 678 g/mol. The van der Waals surface area contributed by atoms with Crippen molar-refractivity contribution >= 4 is 38.4 Å². The minimum absolute atomic E-state index is 0.281. The van der Waals surface area contributed by atoms with Gasteiger partial charge in [-0.05, 0) is 42.8 Å². The van der Waals surface area contributed by atoms with Crippen LogP contribution in [0.15, 0.2) is 65.2 Å². The van der Waals surface area contributed by atoms with Crippen molar-refractivity contribution in [1.82, 2.24) is 34.8 Å². The summed E-state index contributed by atoms with van der Waals surface area (Å²) in [5.41, 5.74) is 3.79. The Morgan fingerprint density at radius 2 is 1.85 bits per heavy atom. The fourth-order valence-corrected chi connectivity index (χ4v) is 6.58. The molecule has 3 aromatic heterocycles. The number of methoxy groups -OCH3 is 1. The number of carbonyl (C=O) groups is 1. The van der Waals surface area contributed by atoms with E-state index in [2.05, 4.69) is 30.0 Å². The standard InChI is InChI=1S/C33H37F2N9O3S/c1-20-29(22-15-24-30(41-48(4,5)46)40-42(2)32(24)36-17-22)39-44(23-9-7-6-8-10-23)31(20)38-33(45)37-28-19-43(13-14-47-3)18-25(28)21-11-12-26(34)27(35)16-21/h6-12,15-17,25,28H,13-14,18-19H2,1-5H3,(H2,37,38,45)/t25-,28+/m0/s1. The minimum atomic E-state index is -2.48. The van der Waals surface area contributed by atoms with Crippen molar-refractivity contribution in [1.29, 1.82) is 0 Å². The molecule has 48 heavy (non-hydrogen) atoms. The molecule has 15 heteroatoms. The van der Waals surface area contributed by atoms with Crippen molar-refractivity contribution in [3.05, 3.63) is 83.6 Å². The lowest BCUT2D eigenvalue weighted by molar-refractivity contribution is 0.159. The summed E-state index contributed by atoms with van der Waals surface area (Å²) < 4.78 is 53.3. The number of halogens is 2. The van der Waals surface area contributed by atoms with E-state index in [0.717, 1.165) is 11.8 Å². The van der Waals surface area contributed by atoms with Crippen LogP contribution < -0.4 is 10.6 Å². The molecule has 5 aromatic rings. The van der Waals surface area contributed by atoms with Crippen molar-refractivity contribution in [2.45, 2.75) is 18.9 Å². The fourth-order valence-electron chi connectivity index (χ4n) is 6.03. The van der Waals surface area contributed by atoms with Crippen LogP contribution in [-0.4, -0.2) is 91.6 Å². The molecule has 2 atom stereocenters. The van der Waals surface area contributed by atoms with E-state index in [0.29, 0.717) is 71.3 Å². The number of rotatable bonds is 9. The third kappa shape index (κ3) is 6.93. The number of pyridine rings is 1. The Hall–Kier alpha value is -4.73. The van der Waals surface area contributed by atoms with Crippen molar-refractivity contribution in [2.24, 2.45) is 11.4 Å². The second-order valence-electron chi connectivity index (χ2n) is 12.1. The van der Waals surface area contributed by atoms with Crippen LogP contribution in [0.5, 0.6) is 0 Å². The van der Waals surface area contributed by atoms with E-state index in [-0.39, 0.29) is 5.92 Å².